The van der Waals surface area contributed by atoms with Gasteiger partial charge in [-0.05, 0) is 19.8 Å². The molecule has 0 aromatic carbocycles. The van der Waals surface area contributed by atoms with Crippen molar-refractivity contribution in [2.24, 2.45) is 17.6 Å². The molecule has 4 nitrogen and oxygen atoms in total. The Morgan fingerprint density at radius 2 is 1.93 bits per heavy atom. The molecule has 0 saturated carbocycles. The van der Waals surface area contributed by atoms with E-state index in [1.54, 1.807) is 6.92 Å². The lowest BCUT2D eigenvalue weighted by atomic mass is 9.82. The standard InChI is InChI=1S/C11H18N2O2/c1-5(2)8-9(11(14)15)6(3)13-7(4)10(8)12/h5,8,13H,12H2,1-4H3,(H,14,15). The van der Waals surface area contributed by atoms with Crippen LogP contribution in [0.3, 0.4) is 0 Å². The predicted octanol–water partition coefficient (Wildman–Crippen LogP) is 1.41. The maximum atomic E-state index is 11.2. The molecule has 0 fully saturated rings. The second-order valence-electron chi connectivity index (χ2n) is 4.27. The van der Waals surface area contributed by atoms with Gasteiger partial charge in [-0.15, -0.1) is 0 Å². The normalized spacial score (nSPS) is 22.1. The Morgan fingerprint density at radius 1 is 1.40 bits per heavy atom. The van der Waals surface area contributed by atoms with Crippen LogP contribution in [-0.2, 0) is 4.79 Å². The van der Waals surface area contributed by atoms with E-state index in [1.165, 1.54) is 0 Å². The Bertz CT molecular complexity index is 354. The van der Waals surface area contributed by atoms with E-state index in [0.29, 0.717) is 17.0 Å². The first-order valence-electron chi connectivity index (χ1n) is 5.03. The Morgan fingerprint density at radius 3 is 2.33 bits per heavy atom. The second kappa shape index (κ2) is 3.96. The van der Waals surface area contributed by atoms with Crippen LogP contribution in [0.2, 0.25) is 0 Å². The number of aliphatic carboxylic acids is 1. The molecule has 0 aromatic rings. The minimum Gasteiger partial charge on any atom is -0.478 e. The van der Waals surface area contributed by atoms with Gasteiger partial charge >= 0.3 is 5.97 Å². The number of carboxylic acids is 1. The van der Waals surface area contributed by atoms with Crippen LogP contribution in [0.15, 0.2) is 22.7 Å². The minimum absolute atomic E-state index is 0.183. The summed E-state index contributed by atoms with van der Waals surface area (Å²) < 4.78 is 0. The van der Waals surface area contributed by atoms with Crippen molar-refractivity contribution in [1.82, 2.24) is 5.32 Å². The lowest BCUT2D eigenvalue weighted by molar-refractivity contribution is -0.133. The molecule has 1 unspecified atom stereocenters. The topological polar surface area (TPSA) is 75.4 Å². The monoisotopic (exact) mass is 210 g/mol. The number of carbonyl (C=O) groups is 1. The van der Waals surface area contributed by atoms with Crippen LogP contribution in [0, 0.1) is 11.8 Å². The van der Waals surface area contributed by atoms with E-state index in [2.05, 4.69) is 5.32 Å². The number of nitrogens with two attached hydrogens (primary N) is 1. The fourth-order valence-electron chi connectivity index (χ4n) is 2.03. The number of hydrogen-bond acceptors (Lipinski definition) is 3. The van der Waals surface area contributed by atoms with Crippen molar-refractivity contribution in [2.75, 3.05) is 0 Å². The van der Waals surface area contributed by atoms with Gasteiger partial charge in [0.25, 0.3) is 0 Å². The molecule has 0 aliphatic carbocycles. The molecule has 0 bridgehead atoms. The van der Waals surface area contributed by atoms with Crippen molar-refractivity contribution >= 4 is 5.97 Å². The van der Waals surface area contributed by atoms with Crippen LogP contribution in [0.25, 0.3) is 0 Å². The molecule has 1 aliphatic rings. The third-order valence-corrected chi connectivity index (χ3v) is 2.76. The van der Waals surface area contributed by atoms with E-state index in [1.807, 2.05) is 20.8 Å². The van der Waals surface area contributed by atoms with Gasteiger partial charge in [0.2, 0.25) is 0 Å². The fourth-order valence-corrected chi connectivity index (χ4v) is 2.03. The summed E-state index contributed by atoms with van der Waals surface area (Å²) in [4.78, 5) is 11.2. The van der Waals surface area contributed by atoms with Gasteiger partial charge in [-0.2, -0.15) is 0 Å². The van der Waals surface area contributed by atoms with E-state index >= 15 is 0 Å². The van der Waals surface area contributed by atoms with Crippen molar-refractivity contribution in [1.29, 1.82) is 0 Å². The van der Waals surface area contributed by atoms with Crippen LogP contribution in [0.5, 0.6) is 0 Å². The number of rotatable bonds is 2. The zero-order chi connectivity index (χ0) is 11.7. The van der Waals surface area contributed by atoms with Crippen molar-refractivity contribution in [2.45, 2.75) is 27.7 Å². The van der Waals surface area contributed by atoms with Crippen LogP contribution in [-0.4, -0.2) is 11.1 Å². The third kappa shape index (κ3) is 1.98. The van der Waals surface area contributed by atoms with Crippen molar-refractivity contribution < 1.29 is 9.90 Å². The molecule has 1 aliphatic heterocycles. The number of nitrogens with one attached hydrogen (secondary N) is 1. The molecule has 0 saturated heterocycles. The van der Waals surface area contributed by atoms with Gasteiger partial charge in [-0.1, -0.05) is 13.8 Å². The van der Waals surface area contributed by atoms with E-state index in [-0.39, 0.29) is 11.8 Å². The van der Waals surface area contributed by atoms with Gasteiger partial charge in [0.15, 0.2) is 0 Å². The summed E-state index contributed by atoms with van der Waals surface area (Å²) >= 11 is 0. The highest BCUT2D eigenvalue weighted by atomic mass is 16.4. The first-order valence-corrected chi connectivity index (χ1v) is 5.03. The molecule has 84 valence electrons. The molecule has 0 radical (unpaired) electrons. The van der Waals surface area contributed by atoms with Gasteiger partial charge in [0.05, 0.1) is 5.57 Å². The van der Waals surface area contributed by atoms with Crippen LogP contribution in [0.1, 0.15) is 27.7 Å². The van der Waals surface area contributed by atoms with Gasteiger partial charge in [-0.3, -0.25) is 0 Å². The number of carboxylic acid groups (broad SMARTS) is 1. The third-order valence-electron chi connectivity index (χ3n) is 2.76. The summed E-state index contributed by atoms with van der Waals surface area (Å²) in [6.07, 6.45) is 0. The summed E-state index contributed by atoms with van der Waals surface area (Å²) in [7, 11) is 0. The van der Waals surface area contributed by atoms with E-state index in [0.717, 1.165) is 5.70 Å². The second-order valence-corrected chi connectivity index (χ2v) is 4.27. The maximum Gasteiger partial charge on any atom is 0.334 e. The van der Waals surface area contributed by atoms with Crippen molar-refractivity contribution in [3.05, 3.63) is 22.7 Å². The number of allylic oxidation sites excluding steroid dienone is 3. The van der Waals surface area contributed by atoms with E-state index < -0.39 is 5.97 Å². The lowest BCUT2D eigenvalue weighted by Crippen LogP contribution is -2.34. The van der Waals surface area contributed by atoms with Crippen LogP contribution >= 0.6 is 0 Å². The zero-order valence-electron chi connectivity index (χ0n) is 9.59. The van der Waals surface area contributed by atoms with E-state index in [9.17, 15) is 4.79 Å². The fraction of sp³-hybridized carbons (Fsp3) is 0.545. The van der Waals surface area contributed by atoms with Crippen molar-refractivity contribution in [3.8, 4) is 0 Å². The first-order chi connectivity index (χ1) is 6.86. The molecule has 4 heteroatoms. The van der Waals surface area contributed by atoms with Gasteiger partial charge < -0.3 is 16.2 Å². The summed E-state index contributed by atoms with van der Waals surface area (Å²) in [5, 5.41) is 12.2. The molecule has 1 atom stereocenters. The molecular formula is C11H18N2O2. The molecule has 1 heterocycles. The summed E-state index contributed by atoms with van der Waals surface area (Å²) in [5.74, 6) is -0.902. The van der Waals surface area contributed by atoms with Crippen LogP contribution < -0.4 is 11.1 Å². The Balaban J connectivity index is 3.23. The minimum atomic E-state index is -0.894. The zero-order valence-corrected chi connectivity index (χ0v) is 9.59. The molecule has 1 rings (SSSR count). The predicted molar refractivity (Wildman–Crippen MR) is 58.7 cm³/mol. The summed E-state index contributed by atoms with van der Waals surface area (Å²) in [6.45, 7) is 7.60. The van der Waals surface area contributed by atoms with Gasteiger partial charge in [-0.25, -0.2) is 4.79 Å². The summed E-state index contributed by atoms with van der Waals surface area (Å²) in [6, 6.07) is 0. The highest BCUT2D eigenvalue weighted by Gasteiger charge is 2.32. The Kier molecular flexibility index (Phi) is 3.07. The molecule has 0 amide bonds. The highest BCUT2D eigenvalue weighted by Crippen LogP contribution is 2.32. The number of hydrogen-bond donors (Lipinski definition) is 3. The molecule has 15 heavy (non-hydrogen) atoms. The average molecular weight is 210 g/mol. The van der Waals surface area contributed by atoms with Crippen molar-refractivity contribution in [3.63, 3.8) is 0 Å². The Labute approximate surface area is 89.8 Å². The molecule has 4 N–H and O–H groups in total. The quantitative estimate of drug-likeness (QED) is 0.644. The Hall–Kier alpha value is -1.45. The van der Waals surface area contributed by atoms with Gasteiger partial charge in [0.1, 0.15) is 0 Å². The lowest BCUT2D eigenvalue weighted by Gasteiger charge is -2.30. The first kappa shape index (κ1) is 11.6. The van der Waals surface area contributed by atoms with E-state index in [4.69, 9.17) is 10.8 Å². The largest absolute Gasteiger partial charge is 0.478 e. The van der Waals surface area contributed by atoms with Crippen LogP contribution in [0.4, 0.5) is 0 Å². The highest BCUT2D eigenvalue weighted by molar-refractivity contribution is 5.89. The molecular weight excluding hydrogens is 192 g/mol. The summed E-state index contributed by atoms with van der Waals surface area (Å²) in [5.41, 5.74) is 8.49. The average Bonchev–Trinajstić information content (AvgIpc) is 2.09. The molecule has 0 spiro atoms. The maximum absolute atomic E-state index is 11.2. The SMILES string of the molecule is CC1=C(N)C(C(C)C)C(C(=O)O)=C(C)N1. The molecule has 0 aromatic heterocycles. The smallest absolute Gasteiger partial charge is 0.334 e. The number of dihydropyridines is 1. The van der Waals surface area contributed by atoms with Gasteiger partial charge in [0, 0.05) is 23.0 Å².